The summed E-state index contributed by atoms with van der Waals surface area (Å²) in [4.78, 5) is 7.69. The molecule has 0 aliphatic heterocycles. The quantitative estimate of drug-likeness (QED) is 0.391. The summed E-state index contributed by atoms with van der Waals surface area (Å²) in [5.74, 6) is 0.231. The van der Waals surface area contributed by atoms with Gasteiger partial charge in [0.1, 0.15) is 0 Å². The molecule has 0 saturated heterocycles. The second-order valence-electron chi connectivity index (χ2n) is 2.69. The Bertz CT molecular complexity index is 352. The summed E-state index contributed by atoms with van der Waals surface area (Å²) in [7, 11) is 0. The van der Waals surface area contributed by atoms with Crippen molar-refractivity contribution in [3.05, 3.63) is 30.3 Å². The van der Waals surface area contributed by atoms with Crippen LogP contribution >= 0.6 is 0 Å². The maximum absolute atomic E-state index is 5.28. The molecule has 0 radical (unpaired) electrons. The zero-order valence-corrected chi connectivity index (χ0v) is 8.22. The lowest BCUT2D eigenvalue weighted by molar-refractivity contribution is 1.06. The van der Waals surface area contributed by atoms with Crippen LogP contribution in [0, 0.1) is 0 Å². The minimum Gasteiger partial charge on any atom is -0.370 e. The van der Waals surface area contributed by atoms with E-state index in [0.717, 1.165) is 5.69 Å². The third kappa shape index (κ3) is 4.10. The van der Waals surface area contributed by atoms with Crippen LogP contribution in [0.15, 0.2) is 40.3 Å². The Morgan fingerprint density at radius 2 is 1.87 bits per heavy atom. The van der Waals surface area contributed by atoms with Gasteiger partial charge in [0.25, 0.3) is 0 Å². The van der Waals surface area contributed by atoms with Crippen LogP contribution in [0.3, 0.4) is 0 Å². The molecule has 6 nitrogen and oxygen atoms in total. The number of para-hydroxylation sites is 1. The average Bonchev–Trinajstić information content (AvgIpc) is 2.18. The molecule has 0 heterocycles. The maximum atomic E-state index is 5.28. The standard InChI is InChI=1S/C9H14N6/c10-6-13-9(15-8(11)12)14-7-4-2-1-3-5-7/h1-5H,6,10H2,(H5,11,12,13,14,15). The predicted octanol–water partition coefficient (Wildman–Crippen LogP) is -0.356. The van der Waals surface area contributed by atoms with E-state index in [1.165, 1.54) is 0 Å². The van der Waals surface area contributed by atoms with Crippen LogP contribution in [0.5, 0.6) is 0 Å². The highest BCUT2D eigenvalue weighted by Gasteiger charge is 1.97. The van der Waals surface area contributed by atoms with Gasteiger partial charge in [0.15, 0.2) is 5.96 Å². The van der Waals surface area contributed by atoms with Crippen molar-refractivity contribution in [1.82, 2.24) is 0 Å². The number of nitrogens with one attached hydrogen (secondary N) is 1. The number of aliphatic imine (C=N–C) groups is 2. The number of nitrogens with zero attached hydrogens (tertiary/aromatic N) is 2. The molecular formula is C9H14N6. The first-order valence-electron chi connectivity index (χ1n) is 4.38. The third-order valence-corrected chi connectivity index (χ3v) is 1.51. The monoisotopic (exact) mass is 206 g/mol. The van der Waals surface area contributed by atoms with E-state index in [-0.39, 0.29) is 12.6 Å². The van der Waals surface area contributed by atoms with Crippen molar-refractivity contribution in [2.75, 3.05) is 12.0 Å². The van der Waals surface area contributed by atoms with E-state index in [1.54, 1.807) is 0 Å². The molecule has 0 fully saturated rings. The topological polar surface area (TPSA) is 115 Å². The van der Waals surface area contributed by atoms with Crippen molar-refractivity contribution in [1.29, 1.82) is 0 Å². The van der Waals surface area contributed by atoms with Gasteiger partial charge in [0.05, 0.1) is 6.67 Å². The Kier molecular flexibility index (Phi) is 4.11. The highest BCUT2D eigenvalue weighted by atomic mass is 15.2. The Morgan fingerprint density at radius 1 is 1.20 bits per heavy atom. The number of nitrogens with two attached hydrogens (primary N) is 3. The number of hydrogen-bond donors (Lipinski definition) is 4. The fourth-order valence-electron chi connectivity index (χ4n) is 0.962. The minimum absolute atomic E-state index is 0.0642. The van der Waals surface area contributed by atoms with Gasteiger partial charge in [-0.1, -0.05) is 18.2 Å². The van der Waals surface area contributed by atoms with Crippen molar-refractivity contribution in [2.45, 2.75) is 0 Å². The summed E-state index contributed by atoms with van der Waals surface area (Å²) in [6.07, 6.45) is 0. The number of rotatable bonds is 2. The predicted molar refractivity (Wildman–Crippen MR) is 62.4 cm³/mol. The molecule has 6 heteroatoms. The highest BCUT2D eigenvalue weighted by Crippen LogP contribution is 2.04. The van der Waals surface area contributed by atoms with Gasteiger partial charge in [-0.2, -0.15) is 4.99 Å². The summed E-state index contributed by atoms with van der Waals surface area (Å²) in [5, 5.41) is 2.93. The molecule has 1 aromatic rings. The Morgan fingerprint density at radius 3 is 2.40 bits per heavy atom. The summed E-state index contributed by atoms with van der Waals surface area (Å²) in [5.41, 5.74) is 16.6. The molecule has 0 aliphatic rings. The third-order valence-electron chi connectivity index (χ3n) is 1.51. The molecule has 1 rings (SSSR count). The van der Waals surface area contributed by atoms with Gasteiger partial charge < -0.3 is 22.5 Å². The molecule has 0 spiro atoms. The van der Waals surface area contributed by atoms with E-state index < -0.39 is 0 Å². The van der Waals surface area contributed by atoms with Crippen molar-refractivity contribution in [3.63, 3.8) is 0 Å². The van der Waals surface area contributed by atoms with Crippen LogP contribution in [0.2, 0.25) is 0 Å². The first-order valence-corrected chi connectivity index (χ1v) is 4.38. The molecule has 15 heavy (non-hydrogen) atoms. The van der Waals surface area contributed by atoms with Gasteiger partial charge in [-0.25, -0.2) is 4.99 Å². The average molecular weight is 206 g/mol. The van der Waals surface area contributed by atoms with Crippen LogP contribution in [0.4, 0.5) is 5.69 Å². The van der Waals surface area contributed by atoms with Crippen LogP contribution < -0.4 is 22.5 Å². The Labute approximate surface area is 87.9 Å². The molecule has 0 unspecified atom stereocenters. The van der Waals surface area contributed by atoms with E-state index in [9.17, 15) is 0 Å². The summed E-state index contributed by atoms with van der Waals surface area (Å²) in [6.45, 7) is 0.117. The van der Waals surface area contributed by atoms with Gasteiger partial charge in [-0.3, -0.25) is 0 Å². The molecule has 0 bridgehead atoms. The van der Waals surface area contributed by atoms with Crippen LogP contribution in [-0.2, 0) is 0 Å². The summed E-state index contributed by atoms with van der Waals surface area (Å²) < 4.78 is 0. The minimum atomic E-state index is -0.0642. The lowest BCUT2D eigenvalue weighted by Gasteiger charge is -2.05. The smallest absolute Gasteiger partial charge is 0.227 e. The number of benzene rings is 1. The second-order valence-corrected chi connectivity index (χ2v) is 2.69. The van der Waals surface area contributed by atoms with Crippen molar-refractivity contribution in [2.24, 2.45) is 27.2 Å². The SMILES string of the molecule is NCN=C(N=C(N)N)Nc1ccccc1. The van der Waals surface area contributed by atoms with Gasteiger partial charge in [-0.05, 0) is 12.1 Å². The molecular weight excluding hydrogens is 192 g/mol. The number of guanidine groups is 2. The van der Waals surface area contributed by atoms with Crippen LogP contribution in [0.1, 0.15) is 0 Å². The van der Waals surface area contributed by atoms with E-state index in [1.807, 2.05) is 30.3 Å². The van der Waals surface area contributed by atoms with E-state index >= 15 is 0 Å². The molecule has 0 aromatic heterocycles. The Hall–Kier alpha value is -2.08. The molecule has 7 N–H and O–H groups in total. The largest absolute Gasteiger partial charge is 0.370 e. The van der Waals surface area contributed by atoms with Gasteiger partial charge in [0, 0.05) is 5.69 Å². The number of anilines is 1. The lowest BCUT2D eigenvalue weighted by Crippen LogP contribution is -2.26. The zero-order valence-electron chi connectivity index (χ0n) is 8.22. The molecule has 1 aromatic carbocycles. The fraction of sp³-hybridized carbons (Fsp3) is 0.111. The van der Waals surface area contributed by atoms with E-state index in [4.69, 9.17) is 17.2 Å². The Balaban J connectivity index is 2.77. The lowest BCUT2D eigenvalue weighted by atomic mass is 10.3. The van der Waals surface area contributed by atoms with Crippen molar-refractivity contribution >= 4 is 17.6 Å². The molecule has 0 aliphatic carbocycles. The normalized spacial score (nSPS) is 10.9. The zero-order chi connectivity index (χ0) is 11.1. The van der Waals surface area contributed by atoms with Crippen LogP contribution in [-0.4, -0.2) is 18.6 Å². The van der Waals surface area contributed by atoms with Crippen LogP contribution in [0.25, 0.3) is 0 Å². The van der Waals surface area contributed by atoms with Crippen molar-refractivity contribution in [3.8, 4) is 0 Å². The number of hydrogen-bond acceptors (Lipinski definition) is 2. The fourth-order valence-corrected chi connectivity index (χ4v) is 0.962. The molecule has 0 saturated carbocycles. The molecule has 0 atom stereocenters. The second kappa shape index (κ2) is 5.61. The van der Waals surface area contributed by atoms with Crippen molar-refractivity contribution < 1.29 is 0 Å². The van der Waals surface area contributed by atoms with E-state index in [0.29, 0.717) is 5.96 Å². The first kappa shape index (κ1) is 11.0. The summed E-state index contributed by atoms with van der Waals surface area (Å²) in [6, 6.07) is 9.42. The summed E-state index contributed by atoms with van der Waals surface area (Å²) >= 11 is 0. The van der Waals surface area contributed by atoms with Gasteiger partial charge >= 0.3 is 0 Å². The maximum Gasteiger partial charge on any atom is 0.227 e. The highest BCUT2D eigenvalue weighted by molar-refractivity contribution is 6.01. The van der Waals surface area contributed by atoms with E-state index in [2.05, 4.69) is 15.3 Å². The first-order chi connectivity index (χ1) is 7.22. The molecule has 0 amide bonds. The van der Waals surface area contributed by atoms with Gasteiger partial charge in [-0.15, -0.1) is 0 Å². The van der Waals surface area contributed by atoms with Gasteiger partial charge in [0.2, 0.25) is 5.96 Å². The molecule has 80 valence electrons.